The zero-order chi connectivity index (χ0) is 16.2. The largest absolute Gasteiger partial charge is 0.244 e. The van der Waals surface area contributed by atoms with Crippen LogP contribution >= 0.6 is 0 Å². The van der Waals surface area contributed by atoms with E-state index in [-0.39, 0.29) is 12.1 Å². The third-order valence-electron chi connectivity index (χ3n) is 4.90. The zero-order valence-electron chi connectivity index (χ0n) is 13.2. The van der Waals surface area contributed by atoms with Gasteiger partial charge >= 0.3 is 0 Å². The summed E-state index contributed by atoms with van der Waals surface area (Å²) in [5.41, 5.74) is 2.78. The molecule has 0 radical (unpaired) electrons. The second-order valence-corrected chi connectivity index (χ2v) is 8.18. The number of hydrogen-bond donors (Lipinski definition) is 0. The molecular formula is C17H19N3O2S. The summed E-state index contributed by atoms with van der Waals surface area (Å²) in [4.78, 5) is 9.22. The fourth-order valence-electron chi connectivity index (χ4n) is 3.86. The molecule has 4 rings (SSSR count). The van der Waals surface area contributed by atoms with Crippen molar-refractivity contribution in [2.45, 2.75) is 50.1 Å². The van der Waals surface area contributed by atoms with Crippen molar-refractivity contribution in [1.29, 1.82) is 0 Å². The molecule has 2 aromatic rings. The third kappa shape index (κ3) is 2.20. The van der Waals surface area contributed by atoms with Gasteiger partial charge < -0.3 is 0 Å². The number of nitrogens with zero attached hydrogens (tertiary/aromatic N) is 3. The van der Waals surface area contributed by atoms with E-state index in [2.05, 4.69) is 9.97 Å². The van der Waals surface area contributed by atoms with Crippen LogP contribution in [0.15, 0.2) is 35.4 Å². The van der Waals surface area contributed by atoms with Crippen LogP contribution in [-0.4, -0.2) is 28.7 Å². The normalized spacial score (nSPS) is 23.7. The van der Waals surface area contributed by atoms with Gasteiger partial charge in [0.15, 0.2) is 0 Å². The van der Waals surface area contributed by atoms with Gasteiger partial charge in [0, 0.05) is 24.2 Å². The van der Waals surface area contributed by atoms with Gasteiger partial charge in [-0.2, -0.15) is 4.31 Å². The summed E-state index contributed by atoms with van der Waals surface area (Å²) >= 11 is 0. The lowest BCUT2D eigenvalue weighted by Gasteiger charge is -2.34. The van der Waals surface area contributed by atoms with Crippen molar-refractivity contribution in [3.05, 3.63) is 53.1 Å². The third-order valence-corrected chi connectivity index (χ3v) is 7.02. The van der Waals surface area contributed by atoms with Crippen LogP contribution in [0.25, 0.3) is 0 Å². The van der Waals surface area contributed by atoms with E-state index in [1.54, 1.807) is 16.4 Å². The topological polar surface area (TPSA) is 63.2 Å². The van der Waals surface area contributed by atoms with Gasteiger partial charge in [0.25, 0.3) is 0 Å². The zero-order valence-corrected chi connectivity index (χ0v) is 14.0. The molecule has 1 saturated heterocycles. The molecule has 1 aromatic carbocycles. The first-order valence-electron chi connectivity index (χ1n) is 7.90. The number of aryl methyl sites for hydroxylation is 2. The molecule has 120 valence electrons. The minimum Gasteiger partial charge on any atom is -0.241 e. The van der Waals surface area contributed by atoms with Crippen LogP contribution in [0.5, 0.6) is 0 Å². The van der Waals surface area contributed by atoms with Crippen molar-refractivity contribution in [2.24, 2.45) is 0 Å². The predicted octanol–water partition coefficient (Wildman–Crippen LogP) is 2.54. The van der Waals surface area contributed by atoms with Gasteiger partial charge in [-0.1, -0.05) is 18.2 Å². The summed E-state index contributed by atoms with van der Waals surface area (Å²) in [7, 11) is -3.50. The minimum atomic E-state index is -3.50. The van der Waals surface area contributed by atoms with Crippen LogP contribution in [0.2, 0.25) is 0 Å². The second-order valence-electron chi connectivity index (χ2n) is 6.37. The molecule has 23 heavy (non-hydrogen) atoms. The molecule has 0 unspecified atom stereocenters. The van der Waals surface area contributed by atoms with Crippen LogP contribution in [0.3, 0.4) is 0 Å². The molecule has 1 aromatic heterocycles. The molecule has 5 nitrogen and oxygen atoms in total. The van der Waals surface area contributed by atoms with Gasteiger partial charge in [0.1, 0.15) is 5.82 Å². The highest BCUT2D eigenvalue weighted by atomic mass is 32.2. The van der Waals surface area contributed by atoms with E-state index in [4.69, 9.17) is 0 Å². The Bertz CT molecular complexity index is 879. The Labute approximate surface area is 136 Å². The first-order valence-corrected chi connectivity index (χ1v) is 9.34. The fraction of sp³-hybridized carbons (Fsp3) is 0.412. The van der Waals surface area contributed by atoms with Crippen LogP contribution in [0.1, 0.15) is 41.5 Å². The van der Waals surface area contributed by atoms with E-state index >= 15 is 0 Å². The molecule has 0 N–H and O–H groups in total. The van der Waals surface area contributed by atoms with E-state index in [0.29, 0.717) is 11.3 Å². The van der Waals surface area contributed by atoms with Gasteiger partial charge in [-0.3, -0.25) is 0 Å². The van der Waals surface area contributed by atoms with Crippen molar-refractivity contribution >= 4 is 10.0 Å². The highest BCUT2D eigenvalue weighted by Crippen LogP contribution is 2.46. The molecule has 0 saturated carbocycles. The number of sulfonamides is 1. The van der Waals surface area contributed by atoms with Crippen molar-refractivity contribution in [1.82, 2.24) is 14.3 Å². The number of aromatic nitrogens is 2. The summed E-state index contributed by atoms with van der Waals surface area (Å²) in [5.74, 6) is 0.748. The number of fused-ring (bicyclic) bond motifs is 4. The van der Waals surface area contributed by atoms with Crippen LogP contribution < -0.4 is 0 Å². The van der Waals surface area contributed by atoms with Crippen LogP contribution in [-0.2, 0) is 16.4 Å². The number of rotatable bonds is 2. The first-order chi connectivity index (χ1) is 11.0. The molecule has 6 heteroatoms. The molecule has 2 atom stereocenters. The van der Waals surface area contributed by atoms with Crippen LogP contribution in [0.4, 0.5) is 0 Å². The summed E-state index contributed by atoms with van der Waals surface area (Å²) in [6, 6.07) is 7.07. The predicted molar refractivity (Wildman–Crippen MR) is 86.4 cm³/mol. The van der Waals surface area contributed by atoms with E-state index < -0.39 is 10.0 Å². The maximum Gasteiger partial charge on any atom is 0.244 e. The highest BCUT2D eigenvalue weighted by molar-refractivity contribution is 7.89. The second kappa shape index (κ2) is 5.11. The summed E-state index contributed by atoms with van der Waals surface area (Å²) in [6.45, 7) is 3.72. The van der Waals surface area contributed by atoms with Crippen molar-refractivity contribution < 1.29 is 8.42 Å². The molecule has 0 aliphatic carbocycles. The fourth-order valence-corrected chi connectivity index (χ4v) is 5.94. The summed E-state index contributed by atoms with van der Waals surface area (Å²) in [6.07, 6.45) is 4.21. The van der Waals surface area contributed by atoms with E-state index in [1.807, 2.05) is 32.2 Å². The average molecular weight is 329 g/mol. The highest BCUT2D eigenvalue weighted by Gasteiger charge is 2.47. The van der Waals surface area contributed by atoms with Crippen LogP contribution in [0, 0.1) is 13.8 Å². The van der Waals surface area contributed by atoms with Crippen molar-refractivity contribution in [2.75, 3.05) is 0 Å². The Kier molecular flexibility index (Phi) is 3.28. The monoisotopic (exact) mass is 329 g/mol. The Morgan fingerprint density at radius 3 is 2.74 bits per heavy atom. The van der Waals surface area contributed by atoms with E-state index in [0.717, 1.165) is 35.5 Å². The number of benzene rings is 1. The Morgan fingerprint density at radius 1 is 1.17 bits per heavy atom. The quantitative estimate of drug-likeness (QED) is 0.849. The van der Waals surface area contributed by atoms with Crippen molar-refractivity contribution in [3.63, 3.8) is 0 Å². The van der Waals surface area contributed by atoms with E-state index in [1.165, 1.54) is 0 Å². The first kappa shape index (κ1) is 14.8. The molecule has 2 bridgehead atoms. The summed E-state index contributed by atoms with van der Waals surface area (Å²) in [5, 5.41) is 0. The molecule has 1 fully saturated rings. The smallest absolute Gasteiger partial charge is 0.241 e. The lowest BCUT2D eigenvalue weighted by molar-refractivity contribution is 0.299. The van der Waals surface area contributed by atoms with Gasteiger partial charge in [-0.15, -0.1) is 0 Å². The van der Waals surface area contributed by atoms with Crippen molar-refractivity contribution in [3.8, 4) is 0 Å². The van der Waals surface area contributed by atoms with Gasteiger partial charge in [-0.05, 0) is 38.3 Å². The lowest BCUT2D eigenvalue weighted by Crippen LogP contribution is -2.42. The minimum absolute atomic E-state index is 0.00593. The molecule has 2 aliphatic heterocycles. The maximum absolute atomic E-state index is 13.2. The SMILES string of the molecule is Cc1ncc2c(n1)C[C@@H]1CC[C@H]2N1S(=O)(=O)c1ccccc1C. The lowest BCUT2D eigenvalue weighted by atomic mass is 10.0. The molecule has 0 amide bonds. The standard InChI is InChI=1S/C17H19N3O2S/c1-11-5-3-4-6-17(11)23(21,22)20-13-7-8-16(20)14-10-18-12(2)19-15(14)9-13/h3-6,10,13,16H,7-9H2,1-2H3/t13-,16+/m0/s1. The van der Waals surface area contributed by atoms with E-state index in [9.17, 15) is 8.42 Å². The maximum atomic E-state index is 13.2. The van der Waals surface area contributed by atoms with Gasteiger partial charge in [-0.25, -0.2) is 18.4 Å². The molecular weight excluding hydrogens is 310 g/mol. The molecule has 3 heterocycles. The van der Waals surface area contributed by atoms with Gasteiger partial charge in [0.05, 0.1) is 16.6 Å². The number of hydrogen-bond acceptors (Lipinski definition) is 4. The average Bonchev–Trinajstić information content (AvgIpc) is 2.84. The Balaban J connectivity index is 1.82. The Hall–Kier alpha value is -1.79. The molecule has 2 aliphatic rings. The Morgan fingerprint density at radius 2 is 1.96 bits per heavy atom. The van der Waals surface area contributed by atoms with Gasteiger partial charge in [0.2, 0.25) is 10.0 Å². The summed E-state index contributed by atoms with van der Waals surface area (Å²) < 4.78 is 28.2. The molecule has 0 spiro atoms.